The van der Waals surface area contributed by atoms with Crippen molar-refractivity contribution in [3.63, 3.8) is 0 Å². The zero-order valence-electron chi connectivity index (χ0n) is 6.27. The zero-order valence-corrected chi connectivity index (χ0v) is 6.27. The predicted octanol–water partition coefficient (Wildman–Crippen LogP) is -0.441. The highest BCUT2D eigenvalue weighted by molar-refractivity contribution is 4.80. The van der Waals surface area contributed by atoms with Gasteiger partial charge < -0.3 is 5.32 Å². The van der Waals surface area contributed by atoms with E-state index in [1.54, 1.807) is 0 Å². The van der Waals surface area contributed by atoms with Crippen molar-refractivity contribution in [3.05, 3.63) is 0 Å². The van der Waals surface area contributed by atoms with E-state index in [4.69, 9.17) is 0 Å². The molecule has 0 unspecified atom stereocenters. The molecule has 1 aliphatic carbocycles. The van der Waals surface area contributed by atoms with Crippen LogP contribution in [0.5, 0.6) is 0 Å². The number of rotatable bonds is 2. The lowest BCUT2D eigenvalue weighted by molar-refractivity contribution is 0.161. The summed E-state index contributed by atoms with van der Waals surface area (Å²) in [5.41, 5.74) is 3.49. The second kappa shape index (κ2) is 2.86. The van der Waals surface area contributed by atoms with E-state index < -0.39 is 0 Å². The van der Waals surface area contributed by atoms with Crippen molar-refractivity contribution in [2.45, 2.75) is 18.9 Å². The molecule has 2 aliphatic rings. The molecule has 0 atom stereocenters. The molecule has 2 rings (SSSR count). The minimum atomic E-state index is 0.818. The predicted molar refractivity (Wildman–Crippen MR) is 40.6 cm³/mol. The summed E-state index contributed by atoms with van der Waals surface area (Å²) in [7, 11) is 0. The van der Waals surface area contributed by atoms with Crippen molar-refractivity contribution in [1.82, 2.24) is 15.8 Å². The molecule has 0 aromatic rings. The Morgan fingerprint density at radius 3 is 2.50 bits per heavy atom. The highest BCUT2D eigenvalue weighted by atomic mass is 15.5. The smallest absolute Gasteiger partial charge is 0.0256 e. The van der Waals surface area contributed by atoms with Gasteiger partial charge in [0.2, 0.25) is 0 Å². The Bertz CT molecular complexity index is 105. The van der Waals surface area contributed by atoms with Gasteiger partial charge in [-0.15, -0.1) is 0 Å². The van der Waals surface area contributed by atoms with Crippen LogP contribution in [0.3, 0.4) is 0 Å². The Balaban J connectivity index is 1.69. The highest BCUT2D eigenvalue weighted by Gasteiger charge is 2.23. The van der Waals surface area contributed by atoms with Crippen LogP contribution < -0.4 is 10.7 Å². The molecule has 10 heavy (non-hydrogen) atoms. The van der Waals surface area contributed by atoms with Gasteiger partial charge in [0.1, 0.15) is 0 Å². The Hall–Kier alpha value is -0.120. The van der Waals surface area contributed by atoms with E-state index in [2.05, 4.69) is 15.8 Å². The largest absolute Gasteiger partial charge is 0.314 e. The lowest BCUT2D eigenvalue weighted by Crippen LogP contribution is -2.50. The molecule has 1 heterocycles. The molecule has 0 bridgehead atoms. The minimum Gasteiger partial charge on any atom is -0.314 e. The normalized spacial score (nSPS) is 28.8. The molecule has 1 saturated carbocycles. The molecular weight excluding hydrogens is 126 g/mol. The Morgan fingerprint density at radius 2 is 1.90 bits per heavy atom. The van der Waals surface area contributed by atoms with E-state index in [0.29, 0.717) is 0 Å². The van der Waals surface area contributed by atoms with Gasteiger partial charge in [0.15, 0.2) is 0 Å². The molecule has 0 amide bonds. The summed E-state index contributed by atoms with van der Waals surface area (Å²) in [6, 6.07) is 0.818. The summed E-state index contributed by atoms with van der Waals surface area (Å²) in [4.78, 5) is 0. The van der Waals surface area contributed by atoms with Gasteiger partial charge in [0, 0.05) is 32.2 Å². The molecule has 0 spiro atoms. The first kappa shape index (κ1) is 6.58. The van der Waals surface area contributed by atoms with Crippen molar-refractivity contribution in [2.24, 2.45) is 0 Å². The van der Waals surface area contributed by atoms with Crippen molar-refractivity contribution in [2.75, 3.05) is 26.2 Å². The van der Waals surface area contributed by atoms with E-state index >= 15 is 0 Å². The van der Waals surface area contributed by atoms with Crippen LogP contribution in [-0.2, 0) is 0 Å². The van der Waals surface area contributed by atoms with Crippen LogP contribution in [0.1, 0.15) is 12.8 Å². The SMILES string of the molecule is C1CN(NC2CC2)CCN1. The molecule has 58 valence electrons. The Kier molecular flexibility index (Phi) is 1.88. The van der Waals surface area contributed by atoms with Gasteiger partial charge in [-0.2, -0.15) is 0 Å². The fourth-order valence-corrected chi connectivity index (χ4v) is 1.26. The lowest BCUT2D eigenvalue weighted by atomic mass is 10.4. The summed E-state index contributed by atoms with van der Waals surface area (Å²) >= 11 is 0. The second-order valence-corrected chi connectivity index (χ2v) is 3.14. The highest BCUT2D eigenvalue weighted by Crippen LogP contribution is 2.18. The number of nitrogens with one attached hydrogen (secondary N) is 2. The maximum Gasteiger partial charge on any atom is 0.0256 e. The van der Waals surface area contributed by atoms with Gasteiger partial charge in [-0.05, 0) is 12.8 Å². The summed E-state index contributed by atoms with van der Waals surface area (Å²) < 4.78 is 0. The number of nitrogens with zero attached hydrogens (tertiary/aromatic N) is 1. The summed E-state index contributed by atoms with van der Waals surface area (Å²) in [5, 5.41) is 5.67. The molecule has 3 heteroatoms. The Morgan fingerprint density at radius 1 is 1.20 bits per heavy atom. The average Bonchev–Trinajstić information content (AvgIpc) is 2.74. The van der Waals surface area contributed by atoms with Gasteiger partial charge in [0.05, 0.1) is 0 Å². The first-order valence-electron chi connectivity index (χ1n) is 4.17. The van der Waals surface area contributed by atoms with Gasteiger partial charge >= 0.3 is 0 Å². The van der Waals surface area contributed by atoms with Crippen molar-refractivity contribution < 1.29 is 0 Å². The molecule has 0 aromatic heterocycles. The van der Waals surface area contributed by atoms with Crippen LogP contribution in [0.4, 0.5) is 0 Å². The van der Waals surface area contributed by atoms with E-state index in [0.717, 1.165) is 32.2 Å². The Labute approximate surface area is 61.7 Å². The minimum absolute atomic E-state index is 0.818. The molecule has 1 saturated heterocycles. The number of piperazine rings is 1. The van der Waals surface area contributed by atoms with E-state index in [1.807, 2.05) is 0 Å². The van der Waals surface area contributed by atoms with E-state index in [1.165, 1.54) is 12.8 Å². The third-order valence-corrected chi connectivity index (χ3v) is 2.06. The van der Waals surface area contributed by atoms with Crippen molar-refractivity contribution in [1.29, 1.82) is 0 Å². The first-order valence-corrected chi connectivity index (χ1v) is 4.17. The third kappa shape index (κ3) is 1.68. The molecule has 2 fully saturated rings. The van der Waals surface area contributed by atoms with Crippen LogP contribution in [0, 0.1) is 0 Å². The maximum atomic E-state index is 3.49. The van der Waals surface area contributed by atoms with E-state index in [-0.39, 0.29) is 0 Å². The molecule has 0 radical (unpaired) electrons. The molecule has 1 aliphatic heterocycles. The van der Waals surface area contributed by atoms with E-state index in [9.17, 15) is 0 Å². The number of hydrazine groups is 1. The molecule has 0 aromatic carbocycles. The van der Waals surface area contributed by atoms with Gasteiger partial charge in [-0.25, -0.2) is 5.01 Å². The monoisotopic (exact) mass is 141 g/mol. The fourth-order valence-electron chi connectivity index (χ4n) is 1.26. The molecular formula is C7H15N3. The number of hydrogen-bond donors (Lipinski definition) is 2. The van der Waals surface area contributed by atoms with Crippen molar-refractivity contribution >= 4 is 0 Å². The van der Waals surface area contributed by atoms with Crippen LogP contribution in [0.2, 0.25) is 0 Å². The topological polar surface area (TPSA) is 27.3 Å². The summed E-state index contributed by atoms with van der Waals surface area (Å²) in [6.45, 7) is 4.60. The third-order valence-electron chi connectivity index (χ3n) is 2.06. The standard InChI is InChI=1S/C7H15N3/c1-2-7(1)9-10-5-3-8-4-6-10/h7-9H,1-6H2. The lowest BCUT2D eigenvalue weighted by Gasteiger charge is -2.27. The van der Waals surface area contributed by atoms with Crippen LogP contribution in [-0.4, -0.2) is 37.2 Å². The van der Waals surface area contributed by atoms with Gasteiger partial charge in [0.25, 0.3) is 0 Å². The molecule has 3 nitrogen and oxygen atoms in total. The van der Waals surface area contributed by atoms with Gasteiger partial charge in [-0.3, -0.25) is 5.43 Å². The number of hydrogen-bond acceptors (Lipinski definition) is 3. The van der Waals surface area contributed by atoms with Crippen molar-refractivity contribution in [3.8, 4) is 0 Å². The van der Waals surface area contributed by atoms with Crippen LogP contribution in [0.15, 0.2) is 0 Å². The summed E-state index contributed by atoms with van der Waals surface area (Å²) in [5.74, 6) is 0. The maximum absolute atomic E-state index is 3.49. The quantitative estimate of drug-likeness (QED) is 0.546. The van der Waals surface area contributed by atoms with Crippen LogP contribution in [0.25, 0.3) is 0 Å². The first-order chi connectivity index (χ1) is 4.95. The zero-order chi connectivity index (χ0) is 6.81. The molecule has 2 N–H and O–H groups in total. The van der Waals surface area contributed by atoms with Crippen LogP contribution >= 0.6 is 0 Å². The fraction of sp³-hybridized carbons (Fsp3) is 1.00. The summed E-state index contributed by atoms with van der Waals surface area (Å²) in [6.07, 6.45) is 2.76. The second-order valence-electron chi connectivity index (χ2n) is 3.14. The van der Waals surface area contributed by atoms with Gasteiger partial charge in [-0.1, -0.05) is 0 Å². The average molecular weight is 141 g/mol.